The van der Waals surface area contributed by atoms with Crippen LogP contribution in [0, 0.1) is 0 Å². The topological polar surface area (TPSA) is 159 Å². The van der Waals surface area contributed by atoms with Gasteiger partial charge in [0.25, 0.3) is 5.91 Å². The molecule has 41 heavy (non-hydrogen) atoms. The average molecular weight is 574 g/mol. The molecule has 0 fully saturated rings. The molecule has 5 rings (SSSR count). The van der Waals surface area contributed by atoms with Crippen molar-refractivity contribution >= 4 is 50.1 Å². The first-order valence-corrected chi connectivity index (χ1v) is 14.8. The average Bonchev–Trinajstić information content (AvgIpc) is 3.67. The predicted octanol–water partition coefficient (Wildman–Crippen LogP) is 4.09. The second-order valence-corrected chi connectivity index (χ2v) is 11.3. The zero-order chi connectivity index (χ0) is 28.7. The number of hydrogen-bond acceptors (Lipinski definition) is 8. The molecule has 0 bridgehead atoms. The summed E-state index contributed by atoms with van der Waals surface area (Å²) in [5.41, 5.74) is 3.20. The molecular formula is C28H31N9O3S. The van der Waals surface area contributed by atoms with Crippen LogP contribution in [-0.4, -0.2) is 51.1 Å². The van der Waals surface area contributed by atoms with Crippen LogP contribution in [0.3, 0.4) is 0 Å². The summed E-state index contributed by atoms with van der Waals surface area (Å²) in [5, 5.41) is 10.2. The van der Waals surface area contributed by atoms with E-state index in [9.17, 15) is 13.2 Å². The van der Waals surface area contributed by atoms with E-state index in [-0.39, 0.29) is 11.7 Å². The zero-order valence-electron chi connectivity index (χ0n) is 22.5. The van der Waals surface area contributed by atoms with Gasteiger partial charge in [-0.3, -0.25) is 9.52 Å². The van der Waals surface area contributed by atoms with E-state index in [2.05, 4.69) is 40.6 Å². The van der Waals surface area contributed by atoms with Crippen molar-refractivity contribution in [3.8, 4) is 0 Å². The molecule has 3 aromatic heterocycles. The Morgan fingerprint density at radius 1 is 1.05 bits per heavy atom. The number of aromatic nitrogens is 5. The Morgan fingerprint density at radius 3 is 2.66 bits per heavy atom. The monoisotopic (exact) mass is 573 g/mol. The minimum absolute atomic E-state index is 0.0156. The molecule has 1 amide bonds. The Balaban J connectivity index is 1.23. The lowest BCUT2D eigenvalue weighted by atomic mass is 10.2. The van der Waals surface area contributed by atoms with Crippen LogP contribution in [0.1, 0.15) is 29.3 Å². The molecule has 12 nitrogen and oxygen atoms in total. The number of sulfonamides is 1. The summed E-state index contributed by atoms with van der Waals surface area (Å²) in [4.78, 5) is 28.9. The summed E-state index contributed by atoms with van der Waals surface area (Å²) < 4.78 is 28.8. The van der Waals surface area contributed by atoms with Gasteiger partial charge in [-0.05, 0) is 55.3 Å². The van der Waals surface area contributed by atoms with Crippen LogP contribution in [0.5, 0.6) is 0 Å². The lowest BCUT2D eigenvalue weighted by molar-refractivity contribution is 0.0952. The standard InChI is InChI=1S/C28H31N9O3S/c1-2-41(39,40)36-24-7-4-3-6-21(24)18-32-26-23-12-14-30-25(23)34-28(35-26)33-22-10-8-20(9-11-22)27(38)31-13-5-16-37-17-15-29-19-37/h3-4,6-12,14-15,17,19,36H,2,5,13,16,18H2,1H3,(H,31,38)(H3,30,32,33,34,35). The van der Waals surface area contributed by atoms with Crippen LogP contribution in [-0.2, 0) is 23.1 Å². The Labute approximate surface area is 237 Å². The van der Waals surface area contributed by atoms with Crippen molar-refractivity contribution in [1.29, 1.82) is 0 Å². The molecule has 3 heterocycles. The van der Waals surface area contributed by atoms with E-state index >= 15 is 0 Å². The van der Waals surface area contributed by atoms with Crippen LogP contribution in [0.25, 0.3) is 11.0 Å². The summed E-state index contributed by atoms with van der Waals surface area (Å²) in [6, 6.07) is 16.2. The number of fused-ring (bicyclic) bond motifs is 1. The second-order valence-electron chi connectivity index (χ2n) is 9.26. The van der Waals surface area contributed by atoms with Crippen LogP contribution < -0.4 is 20.7 Å². The van der Waals surface area contributed by atoms with Gasteiger partial charge in [0.2, 0.25) is 16.0 Å². The maximum absolute atomic E-state index is 12.5. The number of rotatable bonds is 13. The number of anilines is 4. The van der Waals surface area contributed by atoms with Gasteiger partial charge in [-0.1, -0.05) is 18.2 Å². The summed E-state index contributed by atoms with van der Waals surface area (Å²) >= 11 is 0. The molecule has 0 aliphatic carbocycles. The minimum atomic E-state index is -3.41. The van der Waals surface area contributed by atoms with Crippen molar-refractivity contribution in [1.82, 2.24) is 29.8 Å². The smallest absolute Gasteiger partial charge is 0.251 e. The van der Waals surface area contributed by atoms with Crippen molar-refractivity contribution in [3.05, 3.63) is 90.6 Å². The van der Waals surface area contributed by atoms with E-state index in [4.69, 9.17) is 0 Å². The normalized spacial score (nSPS) is 11.3. The van der Waals surface area contributed by atoms with Crippen molar-refractivity contribution < 1.29 is 13.2 Å². The predicted molar refractivity (Wildman–Crippen MR) is 160 cm³/mol. The highest BCUT2D eigenvalue weighted by Crippen LogP contribution is 2.25. The molecule has 13 heteroatoms. The number of aryl methyl sites for hydroxylation is 1. The zero-order valence-corrected chi connectivity index (χ0v) is 23.3. The number of para-hydroxylation sites is 1. The number of hydrogen-bond donors (Lipinski definition) is 5. The molecule has 0 saturated carbocycles. The van der Waals surface area contributed by atoms with Crippen LogP contribution in [0.4, 0.5) is 23.1 Å². The number of nitrogens with one attached hydrogen (secondary N) is 5. The number of imidazole rings is 1. The Bertz CT molecular complexity index is 1720. The van der Waals surface area contributed by atoms with E-state index < -0.39 is 10.0 Å². The number of carbonyl (C=O) groups is 1. The van der Waals surface area contributed by atoms with Gasteiger partial charge in [0.15, 0.2) is 0 Å². The van der Waals surface area contributed by atoms with Gasteiger partial charge in [0.05, 0.1) is 23.2 Å². The molecule has 0 spiro atoms. The van der Waals surface area contributed by atoms with Gasteiger partial charge in [-0.15, -0.1) is 0 Å². The summed E-state index contributed by atoms with van der Waals surface area (Å²) in [6.07, 6.45) is 7.96. The fourth-order valence-corrected chi connectivity index (χ4v) is 4.82. The molecule has 0 aliphatic heterocycles. The van der Waals surface area contributed by atoms with Gasteiger partial charge in [-0.2, -0.15) is 9.97 Å². The molecule has 0 radical (unpaired) electrons. The first kappa shape index (κ1) is 27.6. The molecule has 212 valence electrons. The largest absolute Gasteiger partial charge is 0.365 e. The Kier molecular flexibility index (Phi) is 8.44. The number of aromatic amines is 1. The first-order valence-electron chi connectivity index (χ1n) is 13.2. The minimum Gasteiger partial charge on any atom is -0.365 e. The van der Waals surface area contributed by atoms with Gasteiger partial charge >= 0.3 is 0 Å². The van der Waals surface area contributed by atoms with Gasteiger partial charge < -0.3 is 25.5 Å². The van der Waals surface area contributed by atoms with Crippen molar-refractivity contribution in [2.24, 2.45) is 0 Å². The SMILES string of the molecule is CCS(=O)(=O)Nc1ccccc1CNc1nc(Nc2ccc(C(=O)NCCCn3ccnc3)cc2)nc2[nH]ccc12. The Hall–Kier alpha value is -4.91. The molecule has 2 aromatic carbocycles. The third kappa shape index (κ3) is 7.19. The summed E-state index contributed by atoms with van der Waals surface area (Å²) in [5.74, 6) is 0.787. The van der Waals surface area contributed by atoms with Crippen LogP contribution in [0.2, 0.25) is 0 Å². The van der Waals surface area contributed by atoms with E-state index in [1.165, 1.54) is 0 Å². The molecule has 0 atom stereocenters. The van der Waals surface area contributed by atoms with Crippen LogP contribution in [0.15, 0.2) is 79.5 Å². The third-order valence-corrected chi connectivity index (χ3v) is 7.66. The maximum atomic E-state index is 12.5. The van der Waals surface area contributed by atoms with Crippen molar-refractivity contribution in [3.63, 3.8) is 0 Å². The summed E-state index contributed by atoms with van der Waals surface area (Å²) in [6.45, 7) is 3.28. The third-order valence-electron chi connectivity index (χ3n) is 6.37. The molecular weight excluding hydrogens is 542 g/mol. The van der Waals surface area contributed by atoms with E-state index in [1.807, 2.05) is 29.0 Å². The van der Waals surface area contributed by atoms with Crippen LogP contribution >= 0.6 is 0 Å². The van der Waals surface area contributed by atoms with Gasteiger partial charge in [0.1, 0.15) is 11.5 Å². The highest BCUT2D eigenvalue weighted by atomic mass is 32.2. The summed E-state index contributed by atoms with van der Waals surface area (Å²) in [7, 11) is -3.41. The number of carbonyl (C=O) groups excluding carboxylic acids is 1. The van der Waals surface area contributed by atoms with Gasteiger partial charge in [0, 0.05) is 49.5 Å². The highest BCUT2D eigenvalue weighted by Gasteiger charge is 2.13. The lowest BCUT2D eigenvalue weighted by Crippen LogP contribution is -2.25. The number of amides is 1. The van der Waals surface area contributed by atoms with E-state index in [0.717, 1.165) is 29.6 Å². The molecule has 0 aliphatic rings. The number of benzene rings is 2. The quantitative estimate of drug-likeness (QED) is 0.132. The highest BCUT2D eigenvalue weighted by molar-refractivity contribution is 7.92. The fourth-order valence-electron chi connectivity index (χ4n) is 4.14. The molecule has 5 N–H and O–H groups in total. The number of nitrogens with zero attached hydrogens (tertiary/aromatic N) is 4. The first-order chi connectivity index (χ1) is 19.9. The number of H-pyrrole nitrogens is 1. The second kappa shape index (κ2) is 12.5. The van der Waals surface area contributed by atoms with Crippen molar-refractivity contribution in [2.75, 3.05) is 27.7 Å². The van der Waals surface area contributed by atoms with Gasteiger partial charge in [-0.25, -0.2) is 13.4 Å². The molecule has 5 aromatic rings. The fraction of sp³-hybridized carbons (Fsp3) is 0.214. The molecule has 0 saturated heterocycles. The lowest BCUT2D eigenvalue weighted by Gasteiger charge is -2.14. The Morgan fingerprint density at radius 2 is 1.88 bits per heavy atom. The van der Waals surface area contributed by atoms with E-state index in [0.29, 0.717) is 41.8 Å². The van der Waals surface area contributed by atoms with E-state index in [1.54, 1.807) is 62.0 Å². The maximum Gasteiger partial charge on any atom is 0.251 e. The molecule has 0 unspecified atom stereocenters. The van der Waals surface area contributed by atoms with Crippen molar-refractivity contribution in [2.45, 2.75) is 26.4 Å².